The first-order valence-electron chi connectivity index (χ1n) is 11.0. The van der Waals surface area contributed by atoms with E-state index in [1.165, 1.54) is 16.3 Å². The zero-order valence-corrected chi connectivity index (χ0v) is 20.0. The van der Waals surface area contributed by atoms with Gasteiger partial charge in [0.2, 0.25) is 0 Å². The molecule has 5 rings (SSSR count). The van der Waals surface area contributed by atoms with Crippen molar-refractivity contribution in [2.75, 3.05) is 11.9 Å². The van der Waals surface area contributed by atoms with Crippen molar-refractivity contribution in [3.05, 3.63) is 88.4 Å². The summed E-state index contributed by atoms with van der Waals surface area (Å²) in [6, 6.07) is 18.4. The molecule has 1 aliphatic carbocycles. The Morgan fingerprint density at radius 3 is 2.78 bits per heavy atom. The number of carbonyl (C=O) groups is 1. The van der Waals surface area contributed by atoms with E-state index in [2.05, 4.69) is 84.1 Å². The summed E-state index contributed by atoms with van der Waals surface area (Å²) in [5.74, 6) is 0.973. The van der Waals surface area contributed by atoms with Gasteiger partial charge < -0.3 is 10.1 Å². The van der Waals surface area contributed by atoms with E-state index in [1.54, 1.807) is 6.08 Å². The molecule has 1 aliphatic heterocycles. The number of hydrogen-bond donors (Lipinski definition) is 1. The predicted molar refractivity (Wildman–Crippen MR) is 135 cm³/mol. The summed E-state index contributed by atoms with van der Waals surface area (Å²) in [6.45, 7) is 8.56. The van der Waals surface area contributed by atoms with E-state index in [0.29, 0.717) is 13.0 Å². The first-order chi connectivity index (χ1) is 15.4. The quantitative estimate of drug-likeness (QED) is 0.387. The van der Waals surface area contributed by atoms with Crippen LogP contribution in [-0.4, -0.2) is 12.4 Å². The standard InChI is InChI=1S/C28H26BrNO2/c1-4-13-32-24-12-10-18(29)14-20(24)27-26-21(15-28(2,3)16-23(26)31)25-19-8-6-5-7-17(19)9-11-22(25)30-27/h4-12,14,27,30H,1,13,15-16H2,2-3H3/t27-/m0/s1. The monoisotopic (exact) mass is 487 g/mol. The van der Waals surface area contributed by atoms with Crippen molar-refractivity contribution in [3.63, 3.8) is 0 Å². The van der Waals surface area contributed by atoms with Crippen LogP contribution < -0.4 is 10.1 Å². The molecular formula is C28H26BrNO2. The molecule has 4 heteroatoms. The highest BCUT2D eigenvalue weighted by Gasteiger charge is 2.41. The molecule has 1 heterocycles. The first-order valence-corrected chi connectivity index (χ1v) is 11.8. The maximum absolute atomic E-state index is 13.6. The van der Waals surface area contributed by atoms with E-state index >= 15 is 0 Å². The summed E-state index contributed by atoms with van der Waals surface area (Å²) >= 11 is 3.61. The number of Topliss-reactive ketones (excluding diaryl/α,β-unsaturated/α-hetero) is 1. The Bertz CT molecular complexity index is 1290. The zero-order chi connectivity index (χ0) is 22.5. The van der Waals surface area contributed by atoms with E-state index in [0.717, 1.165) is 39.0 Å². The van der Waals surface area contributed by atoms with Crippen LogP contribution in [0.1, 0.15) is 43.9 Å². The van der Waals surface area contributed by atoms with Crippen molar-refractivity contribution in [2.24, 2.45) is 5.41 Å². The van der Waals surface area contributed by atoms with Crippen LogP contribution in [-0.2, 0) is 4.79 Å². The van der Waals surface area contributed by atoms with Crippen LogP contribution in [0.15, 0.2) is 77.3 Å². The summed E-state index contributed by atoms with van der Waals surface area (Å²) in [7, 11) is 0. The fraction of sp³-hybridized carbons (Fsp3) is 0.250. The lowest BCUT2D eigenvalue weighted by Gasteiger charge is -2.40. The fourth-order valence-electron chi connectivity index (χ4n) is 5.10. The molecule has 3 aromatic carbocycles. The highest BCUT2D eigenvalue weighted by molar-refractivity contribution is 9.10. The molecule has 0 unspecified atom stereocenters. The van der Waals surface area contributed by atoms with Gasteiger partial charge in [-0.2, -0.15) is 0 Å². The fourth-order valence-corrected chi connectivity index (χ4v) is 5.47. The minimum Gasteiger partial charge on any atom is -0.489 e. The highest BCUT2D eigenvalue weighted by atomic mass is 79.9. The number of rotatable bonds is 4. The molecule has 0 aromatic heterocycles. The average Bonchev–Trinajstić information content (AvgIpc) is 2.76. The van der Waals surface area contributed by atoms with E-state index < -0.39 is 0 Å². The van der Waals surface area contributed by atoms with Gasteiger partial charge in [-0.1, -0.05) is 72.8 Å². The number of nitrogens with one attached hydrogen (secondary N) is 1. The van der Waals surface area contributed by atoms with Gasteiger partial charge >= 0.3 is 0 Å². The molecule has 0 radical (unpaired) electrons. The lowest BCUT2D eigenvalue weighted by atomic mass is 9.68. The normalized spacial score (nSPS) is 19.2. The van der Waals surface area contributed by atoms with E-state index in [4.69, 9.17) is 4.74 Å². The molecule has 2 aliphatic rings. The second kappa shape index (κ2) is 7.93. The van der Waals surface area contributed by atoms with Gasteiger partial charge in [0.25, 0.3) is 0 Å². The summed E-state index contributed by atoms with van der Waals surface area (Å²) in [5.41, 5.74) is 5.14. The third-order valence-electron chi connectivity index (χ3n) is 6.38. The molecule has 0 saturated heterocycles. The van der Waals surface area contributed by atoms with Crippen molar-refractivity contribution in [3.8, 4) is 5.75 Å². The van der Waals surface area contributed by atoms with Crippen LogP contribution >= 0.6 is 15.9 Å². The van der Waals surface area contributed by atoms with Crippen molar-refractivity contribution < 1.29 is 9.53 Å². The lowest BCUT2D eigenvalue weighted by Crippen LogP contribution is -2.33. The molecule has 162 valence electrons. The van der Waals surface area contributed by atoms with Gasteiger partial charge in [0, 0.05) is 33.3 Å². The average molecular weight is 488 g/mol. The lowest BCUT2D eigenvalue weighted by molar-refractivity contribution is -0.118. The van der Waals surface area contributed by atoms with E-state index in [-0.39, 0.29) is 17.2 Å². The van der Waals surface area contributed by atoms with Crippen molar-refractivity contribution >= 4 is 43.7 Å². The molecule has 0 fully saturated rings. The second-order valence-corrected chi connectivity index (χ2v) is 10.3. The number of halogens is 1. The van der Waals surface area contributed by atoms with Crippen molar-refractivity contribution in [1.82, 2.24) is 0 Å². The van der Waals surface area contributed by atoms with Gasteiger partial charge in [0.15, 0.2) is 5.78 Å². The Morgan fingerprint density at radius 2 is 1.97 bits per heavy atom. The largest absolute Gasteiger partial charge is 0.489 e. The van der Waals surface area contributed by atoms with Gasteiger partial charge in [-0.3, -0.25) is 4.79 Å². The number of carbonyl (C=O) groups excluding carboxylic acids is 1. The predicted octanol–water partition coefficient (Wildman–Crippen LogP) is 7.48. The molecule has 0 bridgehead atoms. The topological polar surface area (TPSA) is 38.3 Å². The molecule has 1 atom stereocenters. The number of ether oxygens (including phenoxy) is 1. The molecule has 0 saturated carbocycles. The third-order valence-corrected chi connectivity index (χ3v) is 6.87. The SMILES string of the molecule is C=CCOc1ccc(Br)cc1[C@@H]1Nc2ccc3ccccc3c2C2=C1C(=O)CC(C)(C)C2. The van der Waals surface area contributed by atoms with Crippen LogP contribution in [0.4, 0.5) is 5.69 Å². The van der Waals surface area contributed by atoms with Gasteiger partial charge in [-0.15, -0.1) is 0 Å². The number of anilines is 1. The minimum absolute atomic E-state index is 0.0779. The molecule has 3 nitrogen and oxygen atoms in total. The van der Waals surface area contributed by atoms with Crippen LogP contribution in [0.2, 0.25) is 0 Å². The van der Waals surface area contributed by atoms with E-state index in [1.807, 2.05) is 12.1 Å². The highest BCUT2D eigenvalue weighted by Crippen LogP contribution is 2.53. The summed E-state index contributed by atoms with van der Waals surface area (Å²) < 4.78 is 6.95. The molecule has 3 aromatic rings. The number of fused-ring (bicyclic) bond motifs is 4. The second-order valence-electron chi connectivity index (χ2n) is 9.40. The summed E-state index contributed by atoms with van der Waals surface area (Å²) in [4.78, 5) is 13.6. The zero-order valence-electron chi connectivity index (χ0n) is 18.4. The van der Waals surface area contributed by atoms with Crippen molar-refractivity contribution in [2.45, 2.75) is 32.7 Å². The van der Waals surface area contributed by atoms with Crippen LogP contribution in [0, 0.1) is 5.41 Å². The number of benzene rings is 3. The third kappa shape index (κ3) is 3.57. The number of ketones is 1. The Balaban J connectivity index is 1.77. The van der Waals surface area contributed by atoms with Gasteiger partial charge in [-0.05, 0) is 52.4 Å². The van der Waals surface area contributed by atoms with Crippen LogP contribution in [0.25, 0.3) is 16.3 Å². The molecule has 1 N–H and O–H groups in total. The smallest absolute Gasteiger partial charge is 0.162 e. The molecule has 0 spiro atoms. The molecule has 32 heavy (non-hydrogen) atoms. The van der Waals surface area contributed by atoms with Crippen LogP contribution in [0.3, 0.4) is 0 Å². The molecule has 0 amide bonds. The van der Waals surface area contributed by atoms with Crippen LogP contribution in [0.5, 0.6) is 5.75 Å². The van der Waals surface area contributed by atoms with Gasteiger partial charge in [0.05, 0.1) is 6.04 Å². The summed E-state index contributed by atoms with van der Waals surface area (Å²) in [6.07, 6.45) is 3.14. The van der Waals surface area contributed by atoms with E-state index in [9.17, 15) is 4.79 Å². The Morgan fingerprint density at radius 1 is 1.16 bits per heavy atom. The molecular weight excluding hydrogens is 462 g/mol. The summed E-state index contributed by atoms with van der Waals surface area (Å²) in [5, 5.41) is 6.07. The van der Waals surface area contributed by atoms with Crippen molar-refractivity contribution in [1.29, 1.82) is 0 Å². The Kier molecular flexibility index (Phi) is 5.21. The number of allylic oxidation sites excluding steroid dienone is 1. The Labute approximate surface area is 197 Å². The maximum atomic E-state index is 13.6. The maximum Gasteiger partial charge on any atom is 0.162 e. The minimum atomic E-state index is -0.264. The van der Waals surface area contributed by atoms with Gasteiger partial charge in [0.1, 0.15) is 12.4 Å². The Hall–Kier alpha value is -2.85. The number of hydrogen-bond acceptors (Lipinski definition) is 3. The van der Waals surface area contributed by atoms with Gasteiger partial charge in [-0.25, -0.2) is 0 Å². The first kappa shape index (κ1) is 21.0.